The molecule has 1 rings (SSSR count). The predicted octanol–water partition coefficient (Wildman–Crippen LogP) is -0.0887. The minimum absolute atomic E-state index is 0.00278. The highest BCUT2D eigenvalue weighted by atomic mass is 16.5. The number of nitrogens with one attached hydrogen (secondary N) is 1. The number of hydrogen-bond acceptors (Lipinski definition) is 4. The number of rotatable bonds is 3. The van der Waals surface area contributed by atoms with Crippen molar-refractivity contribution in [2.45, 2.75) is 25.0 Å². The molecule has 0 heterocycles. The van der Waals surface area contributed by atoms with E-state index in [9.17, 15) is 14.7 Å². The van der Waals surface area contributed by atoms with E-state index < -0.39 is 17.6 Å². The number of esters is 1. The number of hydrogen-bond donors (Lipinski definition) is 2. The van der Waals surface area contributed by atoms with Gasteiger partial charge >= 0.3 is 5.97 Å². The number of aliphatic hydroxyl groups is 1. The van der Waals surface area contributed by atoms with Gasteiger partial charge in [0.05, 0.1) is 25.2 Å². The molecule has 0 saturated carbocycles. The number of aliphatic hydroxyl groups excluding tert-OH is 1. The Morgan fingerprint density at radius 2 is 2.00 bits per heavy atom. The largest absolute Gasteiger partial charge is 0.469 e. The molecule has 5 nitrogen and oxygen atoms in total. The first kappa shape index (κ1) is 12.4. The number of carbonyl (C=O) groups excluding carboxylic acids is 2. The molecular formula is C11H15NO4. The van der Waals surface area contributed by atoms with Crippen LogP contribution in [0.5, 0.6) is 0 Å². The van der Waals surface area contributed by atoms with Crippen LogP contribution in [0, 0.1) is 0 Å². The van der Waals surface area contributed by atoms with Crippen LogP contribution in [-0.4, -0.2) is 35.7 Å². The van der Waals surface area contributed by atoms with Crippen molar-refractivity contribution in [3.63, 3.8) is 0 Å². The van der Waals surface area contributed by atoms with E-state index in [4.69, 9.17) is 0 Å². The third-order valence-corrected chi connectivity index (χ3v) is 2.25. The smallest absolute Gasteiger partial charge is 0.308 e. The lowest BCUT2D eigenvalue weighted by atomic mass is 9.89. The highest BCUT2D eigenvalue weighted by Gasteiger charge is 2.30. The molecule has 1 aliphatic carbocycles. The van der Waals surface area contributed by atoms with Crippen molar-refractivity contribution in [2.24, 2.45) is 0 Å². The Bertz CT molecular complexity index is 332. The van der Waals surface area contributed by atoms with E-state index in [1.807, 2.05) is 0 Å². The summed E-state index contributed by atoms with van der Waals surface area (Å²) in [5.41, 5.74) is -0.891. The Labute approximate surface area is 93.8 Å². The van der Waals surface area contributed by atoms with E-state index in [2.05, 4.69) is 10.1 Å². The van der Waals surface area contributed by atoms with Gasteiger partial charge < -0.3 is 15.2 Å². The van der Waals surface area contributed by atoms with Crippen LogP contribution in [0.2, 0.25) is 0 Å². The lowest BCUT2D eigenvalue weighted by Gasteiger charge is -2.29. The Kier molecular flexibility index (Phi) is 3.84. The van der Waals surface area contributed by atoms with Gasteiger partial charge in [-0.3, -0.25) is 9.59 Å². The molecule has 16 heavy (non-hydrogen) atoms. The van der Waals surface area contributed by atoms with Crippen LogP contribution >= 0.6 is 0 Å². The highest BCUT2D eigenvalue weighted by Crippen LogP contribution is 2.20. The molecular weight excluding hydrogens is 210 g/mol. The van der Waals surface area contributed by atoms with Gasteiger partial charge in [-0.2, -0.15) is 0 Å². The van der Waals surface area contributed by atoms with Crippen molar-refractivity contribution in [3.05, 3.63) is 24.3 Å². The second-order valence-electron chi connectivity index (χ2n) is 3.68. The van der Waals surface area contributed by atoms with Crippen molar-refractivity contribution < 1.29 is 19.4 Å². The average Bonchev–Trinajstić information content (AvgIpc) is 2.21. The van der Waals surface area contributed by atoms with E-state index in [1.54, 1.807) is 12.2 Å². The van der Waals surface area contributed by atoms with E-state index in [0.717, 1.165) is 0 Å². The fourth-order valence-electron chi connectivity index (χ4n) is 1.54. The Balaban J connectivity index is 2.85. The zero-order valence-corrected chi connectivity index (χ0v) is 9.27. The van der Waals surface area contributed by atoms with Gasteiger partial charge in [0.25, 0.3) is 0 Å². The standard InChI is InChI=1S/C11H15NO4/c1-8(13)12-11(7-10(15)16-2)5-3-9(14)4-6-11/h3-6,9,14H,7H2,1-2H3,(H,12,13). The van der Waals surface area contributed by atoms with E-state index in [0.29, 0.717) is 0 Å². The second-order valence-corrected chi connectivity index (χ2v) is 3.68. The summed E-state index contributed by atoms with van der Waals surface area (Å²) in [5, 5.41) is 11.9. The summed E-state index contributed by atoms with van der Waals surface area (Å²) in [7, 11) is 1.29. The first-order valence-electron chi connectivity index (χ1n) is 4.90. The summed E-state index contributed by atoms with van der Waals surface area (Å²) in [6.07, 6.45) is 5.53. The van der Waals surface area contributed by atoms with E-state index in [1.165, 1.54) is 26.2 Å². The molecule has 0 spiro atoms. The summed E-state index contributed by atoms with van der Waals surface area (Å²) in [5.74, 6) is -0.686. The van der Waals surface area contributed by atoms with Crippen LogP contribution in [0.4, 0.5) is 0 Å². The third kappa shape index (κ3) is 3.20. The SMILES string of the molecule is COC(=O)CC1(NC(C)=O)C=CC(O)C=C1. The highest BCUT2D eigenvalue weighted by molar-refractivity contribution is 5.78. The number of methoxy groups -OCH3 is 1. The Morgan fingerprint density at radius 1 is 1.44 bits per heavy atom. The molecule has 2 N–H and O–H groups in total. The molecule has 0 aromatic rings. The number of ether oxygens (including phenoxy) is 1. The maximum absolute atomic E-state index is 11.2. The van der Waals surface area contributed by atoms with Gasteiger partial charge in [0.2, 0.25) is 5.91 Å². The molecule has 0 aliphatic heterocycles. The zero-order chi connectivity index (χ0) is 12.2. The van der Waals surface area contributed by atoms with Gasteiger partial charge in [-0.25, -0.2) is 0 Å². The Hall–Kier alpha value is -1.62. The molecule has 88 valence electrons. The first-order chi connectivity index (χ1) is 7.47. The van der Waals surface area contributed by atoms with Crippen molar-refractivity contribution in [1.82, 2.24) is 5.32 Å². The van der Waals surface area contributed by atoms with Gasteiger partial charge in [-0.05, 0) is 0 Å². The van der Waals surface area contributed by atoms with Crippen LogP contribution in [0.25, 0.3) is 0 Å². The lowest BCUT2D eigenvalue weighted by Crippen LogP contribution is -2.47. The number of amides is 1. The van der Waals surface area contributed by atoms with Crippen LogP contribution < -0.4 is 5.32 Å². The molecule has 0 atom stereocenters. The van der Waals surface area contributed by atoms with Crippen molar-refractivity contribution in [2.75, 3.05) is 7.11 Å². The van der Waals surface area contributed by atoms with E-state index in [-0.39, 0.29) is 12.3 Å². The minimum Gasteiger partial charge on any atom is -0.469 e. The quantitative estimate of drug-likeness (QED) is 0.520. The maximum Gasteiger partial charge on any atom is 0.308 e. The number of carbonyl (C=O) groups is 2. The van der Waals surface area contributed by atoms with Crippen LogP contribution in [0.15, 0.2) is 24.3 Å². The topological polar surface area (TPSA) is 75.6 Å². The summed E-state index contributed by atoms with van der Waals surface area (Å²) in [6, 6.07) is 0. The second kappa shape index (κ2) is 4.94. The van der Waals surface area contributed by atoms with Crippen molar-refractivity contribution in [3.8, 4) is 0 Å². The predicted molar refractivity (Wildman–Crippen MR) is 57.5 cm³/mol. The summed E-state index contributed by atoms with van der Waals surface area (Å²) >= 11 is 0. The summed E-state index contributed by atoms with van der Waals surface area (Å²) in [6.45, 7) is 1.37. The molecule has 0 unspecified atom stereocenters. The molecule has 0 bridgehead atoms. The molecule has 0 saturated heterocycles. The fourth-order valence-corrected chi connectivity index (χ4v) is 1.54. The lowest BCUT2D eigenvalue weighted by molar-refractivity contribution is -0.141. The zero-order valence-electron chi connectivity index (χ0n) is 9.27. The molecule has 0 aromatic carbocycles. The summed E-state index contributed by atoms with van der Waals surface area (Å²) < 4.78 is 4.57. The average molecular weight is 225 g/mol. The molecule has 0 radical (unpaired) electrons. The van der Waals surface area contributed by atoms with Gasteiger partial charge in [-0.1, -0.05) is 24.3 Å². The van der Waals surface area contributed by atoms with Gasteiger partial charge in [0, 0.05) is 6.92 Å². The van der Waals surface area contributed by atoms with Crippen LogP contribution in [0.1, 0.15) is 13.3 Å². The van der Waals surface area contributed by atoms with Crippen molar-refractivity contribution in [1.29, 1.82) is 0 Å². The normalized spacial score (nSPS) is 27.6. The van der Waals surface area contributed by atoms with Crippen LogP contribution in [-0.2, 0) is 14.3 Å². The third-order valence-electron chi connectivity index (χ3n) is 2.25. The molecule has 1 aliphatic rings. The minimum atomic E-state index is -0.891. The fraction of sp³-hybridized carbons (Fsp3) is 0.455. The van der Waals surface area contributed by atoms with Crippen molar-refractivity contribution >= 4 is 11.9 Å². The van der Waals surface area contributed by atoms with Gasteiger partial charge in [-0.15, -0.1) is 0 Å². The maximum atomic E-state index is 11.2. The van der Waals surface area contributed by atoms with Gasteiger partial charge in [0.15, 0.2) is 0 Å². The monoisotopic (exact) mass is 225 g/mol. The molecule has 0 aromatic heterocycles. The first-order valence-corrected chi connectivity index (χ1v) is 4.90. The molecule has 0 fully saturated rings. The Morgan fingerprint density at radius 3 is 2.44 bits per heavy atom. The van der Waals surface area contributed by atoms with E-state index >= 15 is 0 Å². The van der Waals surface area contributed by atoms with Gasteiger partial charge in [0.1, 0.15) is 0 Å². The van der Waals surface area contributed by atoms with Crippen LogP contribution in [0.3, 0.4) is 0 Å². The molecule has 1 amide bonds. The molecule has 5 heteroatoms. The summed E-state index contributed by atoms with van der Waals surface area (Å²) in [4.78, 5) is 22.3.